The quantitative estimate of drug-likeness (QED) is 0.903. The normalized spacial score (nSPS) is 28.6. The van der Waals surface area contributed by atoms with Crippen molar-refractivity contribution in [2.24, 2.45) is 0 Å². The minimum atomic E-state index is 0.645. The smallest absolute Gasteiger partial charge is 0.161 e. The van der Waals surface area contributed by atoms with Gasteiger partial charge >= 0.3 is 0 Å². The van der Waals surface area contributed by atoms with Crippen LogP contribution in [0, 0.1) is 0 Å². The Bertz CT molecular complexity index is 478. The standard InChI is InChI=1S/C17H26N2O2/c1-19-14-5-6-15(19)10-13(9-14)18-11-12-4-7-16(20-2)17(8-12)21-3/h4,7-8,13-15,18H,5-6,9-11H2,1-3H3. The Morgan fingerprint density at radius 1 is 1.10 bits per heavy atom. The lowest BCUT2D eigenvalue weighted by Crippen LogP contribution is -2.46. The molecule has 2 fully saturated rings. The molecule has 0 aliphatic carbocycles. The number of nitrogens with zero attached hydrogens (tertiary/aromatic N) is 1. The zero-order valence-corrected chi connectivity index (χ0v) is 13.3. The van der Waals surface area contributed by atoms with Gasteiger partial charge in [-0.05, 0) is 50.4 Å². The zero-order valence-electron chi connectivity index (χ0n) is 13.3. The van der Waals surface area contributed by atoms with Gasteiger partial charge in [0.2, 0.25) is 0 Å². The highest BCUT2D eigenvalue weighted by Gasteiger charge is 2.37. The van der Waals surface area contributed by atoms with Crippen molar-refractivity contribution in [1.82, 2.24) is 10.2 Å². The molecule has 2 unspecified atom stereocenters. The van der Waals surface area contributed by atoms with Crippen LogP contribution in [0.2, 0.25) is 0 Å². The summed E-state index contributed by atoms with van der Waals surface area (Å²) in [5.41, 5.74) is 1.25. The molecular formula is C17H26N2O2. The summed E-state index contributed by atoms with van der Waals surface area (Å²) in [7, 11) is 5.64. The maximum atomic E-state index is 5.37. The second-order valence-corrected chi connectivity index (χ2v) is 6.29. The molecule has 2 bridgehead atoms. The summed E-state index contributed by atoms with van der Waals surface area (Å²) >= 11 is 0. The van der Waals surface area contributed by atoms with E-state index in [-0.39, 0.29) is 0 Å². The third-order valence-corrected chi connectivity index (χ3v) is 5.14. The van der Waals surface area contributed by atoms with Gasteiger partial charge in [0.1, 0.15) is 0 Å². The molecule has 2 aliphatic heterocycles. The van der Waals surface area contributed by atoms with Crippen molar-refractivity contribution in [3.8, 4) is 11.5 Å². The van der Waals surface area contributed by atoms with Gasteiger partial charge in [0.15, 0.2) is 11.5 Å². The summed E-state index contributed by atoms with van der Waals surface area (Å²) in [6, 6.07) is 8.37. The fourth-order valence-corrected chi connectivity index (χ4v) is 3.83. The summed E-state index contributed by atoms with van der Waals surface area (Å²) in [4.78, 5) is 2.58. The van der Waals surface area contributed by atoms with E-state index in [1.807, 2.05) is 6.07 Å². The van der Waals surface area contributed by atoms with Gasteiger partial charge in [0, 0.05) is 24.7 Å². The Morgan fingerprint density at radius 3 is 2.38 bits per heavy atom. The van der Waals surface area contributed by atoms with Gasteiger partial charge in [-0.25, -0.2) is 0 Å². The summed E-state index contributed by atoms with van der Waals surface area (Å²) in [6.45, 7) is 0.897. The van der Waals surface area contributed by atoms with Crippen LogP contribution in [0.1, 0.15) is 31.2 Å². The number of nitrogens with one attached hydrogen (secondary N) is 1. The van der Waals surface area contributed by atoms with E-state index in [0.29, 0.717) is 6.04 Å². The average molecular weight is 290 g/mol. The SMILES string of the molecule is COc1ccc(CNC2CC3CCC(C2)N3C)cc1OC. The summed E-state index contributed by atoms with van der Waals surface area (Å²) in [5.74, 6) is 1.60. The van der Waals surface area contributed by atoms with Crippen molar-refractivity contribution in [3.05, 3.63) is 23.8 Å². The summed E-state index contributed by atoms with van der Waals surface area (Å²) in [6.07, 6.45) is 5.30. The molecule has 0 amide bonds. The number of hydrogen-bond acceptors (Lipinski definition) is 4. The molecular weight excluding hydrogens is 264 g/mol. The molecule has 21 heavy (non-hydrogen) atoms. The van der Waals surface area contributed by atoms with Crippen LogP contribution < -0.4 is 14.8 Å². The lowest BCUT2D eigenvalue weighted by Gasteiger charge is -2.36. The van der Waals surface area contributed by atoms with E-state index in [1.165, 1.54) is 31.2 Å². The minimum Gasteiger partial charge on any atom is -0.493 e. The Balaban J connectivity index is 1.58. The molecule has 4 heteroatoms. The number of fused-ring (bicyclic) bond motifs is 2. The topological polar surface area (TPSA) is 33.7 Å². The first-order valence-corrected chi connectivity index (χ1v) is 7.87. The number of ether oxygens (including phenoxy) is 2. The van der Waals surface area contributed by atoms with Crippen LogP contribution in [-0.2, 0) is 6.54 Å². The van der Waals surface area contributed by atoms with Crippen molar-refractivity contribution >= 4 is 0 Å². The number of piperidine rings is 1. The van der Waals surface area contributed by atoms with Crippen LogP contribution in [0.15, 0.2) is 18.2 Å². The van der Waals surface area contributed by atoms with Crippen molar-refractivity contribution in [1.29, 1.82) is 0 Å². The van der Waals surface area contributed by atoms with Gasteiger partial charge in [-0.3, -0.25) is 0 Å². The number of rotatable bonds is 5. The first-order valence-electron chi connectivity index (χ1n) is 7.87. The van der Waals surface area contributed by atoms with Crippen LogP contribution in [0.5, 0.6) is 11.5 Å². The van der Waals surface area contributed by atoms with Gasteiger partial charge in [-0.1, -0.05) is 6.07 Å². The van der Waals surface area contributed by atoms with Gasteiger partial charge in [-0.2, -0.15) is 0 Å². The van der Waals surface area contributed by atoms with Crippen LogP contribution in [-0.4, -0.2) is 44.3 Å². The number of benzene rings is 1. The molecule has 1 aromatic rings. The maximum absolute atomic E-state index is 5.37. The van der Waals surface area contributed by atoms with Crippen molar-refractivity contribution in [2.75, 3.05) is 21.3 Å². The molecule has 2 heterocycles. The Kier molecular flexibility index (Phi) is 4.36. The Labute approximate surface area is 127 Å². The highest BCUT2D eigenvalue weighted by atomic mass is 16.5. The third kappa shape index (κ3) is 3.01. The molecule has 3 rings (SSSR count). The van der Waals surface area contributed by atoms with Gasteiger partial charge in [0.25, 0.3) is 0 Å². The van der Waals surface area contributed by atoms with E-state index < -0.39 is 0 Å². The summed E-state index contributed by atoms with van der Waals surface area (Å²) < 4.78 is 10.7. The molecule has 2 saturated heterocycles. The fraction of sp³-hybridized carbons (Fsp3) is 0.647. The highest BCUT2D eigenvalue weighted by Crippen LogP contribution is 2.34. The molecule has 2 aliphatic rings. The van der Waals surface area contributed by atoms with Gasteiger partial charge in [-0.15, -0.1) is 0 Å². The van der Waals surface area contributed by atoms with Crippen LogP contribution in [0.3, 0.4) is 0 Å². The largest absolute Gasteiger partial charge is 0.493 e. The van der Waals surface area contributed by atoms with E-state index in [0.717, 1.165) is 30.1 Å². The highest BCUT2D eigenvalue weighted by molar-refractivity contribution is 5.42. The molecule has 1 aromatic carbocycles. The number of methoxy groups -OCH3 is 2. The summed E-state index contributed by atoms with van der Waals surface area (Å²) in [5, 5.41) is 3.73. The van der Waals surface area contributed by atoms with E-state index >= 15 is 0 Å². The third-order valence-electron chi connectivity index (χ3n) is 5.14. The second kappa shape index (κ2) is 6.24. The zero-order chi connectivity index (χ0) is 14.8. The van der Waals surface area contributed by atoms with Crippen LogP contribution >= 0.6 is 0 Å². The fourth-order valence-electron chi connectivity index (χ4n) is 3.83. The molecule has 4 nitrogen and oxygen atoms in total. The van der Waals surface area contributed by atoms with Crippen LogP contribution in [0.25, 0.3) is 0 Å². The van der Waals surface area contributed by atoms with E-state index in [2.05, 4.69) is 29.4 Å². The first-order chi connectivity index (χ1) is 10.2. The molecule has 2 atom stereocenters. The lowest BCUT2D eigenvalue weighted by molar-refractivity contribution is 0.148. The molecule has 1 N–H and O–H groups in total. The Morgan fingerprint density at radius 2 is 1.76 bits per heavy atom. The lowest BCUT2D eigenvalue weighted by atomic mass is 9.98. The van der Waals surface area contributed by atoms with Crippen molar-refractivity contribution < 1.29 is 9.47 Å². The molecule has 0 radical (unpaired) electrons. The maximum Gasteiger partial charge on any atom is 0.161 e. The van der Waals surface area contributed by atoms with Crippen molar-refractivity contribution in [3.63, 3.8) is 0 Å². The van der Waals surface area contributed by atoms with E-state index in [9.17, 15) is 0 Å². The van der Waals surface area contributed by atoms with E-state index in [1.54, 1.807) is 14.2 Å². The first kappa shape index (κ1) is 14.7. The average Bonchev–Trinajstić information content (AvgIpc) is 2.74. The molecule has 0 spiro atoms. The minimum absolute atomic E-state index is 0.645. The van der Waals surface area contributed by atoms with Gasteiger partial charge in [0.05, 0.1) is 14.2 Å². The predicted molar refractivity (Wildman–Crippen MR) is 84.0 cm³/mol. The van der Waals surface area contributed by atoms with E-state index in [4.69, 9.17) is 9.47 Å². The molecule has 0 aromatic heterocycles. The molecule has 0 saturated carbocycles. The number of hydrogen-bond donors (Lipinski definition) is 1. The van der Waals surface area contributed by atoms with Crippen LogP contribution in [0.4, 0.5) is 0 Å². The monoisotopic (exact) mass is 290 g/mol. The predicted octanol–water partition coefficient (Wildman–Crippen LogP) is 2.42. The van der Waals surface area contributed by atoms with Crippen molar-refractivity contribution in [2.45, 2.75) is 50.4 Å². The molecule has 116 valence electrons. The van der Waals surface area contributed by atoms with Gasteiger partial charge < -0.3 is 19.7 Å². The Hall–Kier alpha value is -1.26. The second-order valence-electron chi connectivity index (χ2n) is 6.29.